The highest BCUT2D eigenvalue weighted by Crippen LogP contribution is 2.43. The first-order valence-electron chi connectivity index (χ1n) is 9.87. The predicted octanol–water partition coefficient (Wildman–Crippen LogP) is 5.66. The van der Waals surface area contributed by atoms with Gasteiger partial charge in [-0.3, -0.25) is 4.79 Å². The molecule has 0 aliphatic carbocycles. The molecule has 3 heteroatoms. The van der Waals surface area contributed by atoms with E-state index in [9.17, 15) is 9.90 Å². The van der Waals surface area contributed by atoms with Gasteiger partial charge in [-0.25, -0.2) is 0 Å². The number of carbonyl (C=O) groups is 1. The molecular formula is C26H25NO2. The molecular weight excluding hydrogens is 358 g/mol. The van der Waals surface area contributed by atoms with E-state index in [4.69, 9.17) is 0 Å². The van der Waals surface area contributed by atoms with Gasteiger partial charge in [-0.05, 0) is 37.5 Å². The van der Waals surface area contributed by atoms with Gasteiger partial charge >= 0.3 is 0 Å². The molecule has 3 aromatic carbocycles. The maximum absolute atomic E-state index is 13.1. The monoisotopic (exact) mass is 383 g/mol. The molecule has 0 aromatic heterocycles. The van der Waals surface area contributed by atoms with E-state index in [0.717, 1.165) is 27.8 Å². The first kappa shape index (κ1) is 19.0. The topological polar surface area (TPSA) is 40.5 Å². The molecule has 3 aromatic rings. The third-order valence-corrected chi connectivity index (χ3v) is 5.53. The second kappa shape index (κ2) is 7.59. The average Bonchev–Trinajstić information content (AvgIpc) is 2.96. The molecule has 0 spiro atoms. The maximum Gasteiger partial charge on any atom is 0.290 e. The molecule has 1 aliphatic rings. The Hall–Kier alpha value is -3.33. The minimum Gasteiger partial charge on any atom is -0.503 e. The second-order valence-electron chi connectivity index (χ2n) is 7.86. The minimum atomic E-state index is -0.327. The summed E-state index contributed by atoms with van der Waals surface area (Å²) in [6, 6.07) is 24.0. The number of aryl methyl sites for hydroxylation is 3. The molecule has 1 N–H and O–H groups in total. The van der Waals surface area contributed by atoms with Gasteiger partial charge in [-0.1, -0.05) is 89.5 Å². The Morgan fingerprint density at radius 1 is 0.759 bits per heavy atom. The van der Waals surface area contributed by atoms with Crippen LogP contribution in [0.2, 0.25) is 0 Å². The Labute approximate surface area is 171 Å². The lowest BCUT2D eigenvalue weighted by atomic mass is 9.92. The minimum absolute atomic E-state index is 0.161. The summed E-state index contributed by atoms with van der Waals surface area (Å²) in [5, 5.41) is 10.8. The highest BCUT2D eigenvalue weighted by molar-refractivity contribution is 6.05. The molecule has 1 amide bonds. The number of amides is 1. The normalized spacial score (nSPS) is 16.6. The standard InChI is InChI=1S/C26H25NO2/c1-17-4-10-20(11-5-17)16-27-24(22-14-8-19(3)9-15-22)23(25(28)26(27)29)21-12-6-18(2)7-13-21/h4-15,24,28H,16H2,1-3H3. The Bertz CT molecular complexity index is 1060. The van der Waals surface area contributed by atoms with Crippen molar-refractivity contribution in [2.75, 3.05) is 0 Å². The molecule has 1 atom stereocenters. The Balaban J connectivity index is 1.80. The number of carbonyl (C=O) groups excluding carboxylic acids is 1. The number of hydrogen-bond donors (Lipinski definition) is 1. The third-order valence-electron chi connectivity index (χ3n) is 5.53. The SMILES string of the molecule is Cc1ccc(CN2C(=O)C(O)=C(c3ccc(C)cc3)C2c2ccc(C)cc2)cc1. The molecule has 4 rings (SSSR count). The molecule has 0 saturated carbocycles. The van der Waals surface area contributed by atoms with E-state index in [-0.39, 0.29) is 17.7 Å². The van der Waals surface area contributed by atoms with Crippen LogP contribution < -0.4 is 0 Å². The first-order chi connectivity index (χ1) is 13.9. The van der Waals surface area contributed by atoms with Crippen molar-refractivity contribution in [1.29, 1.82) is 0 Å². The number of rotatable bonds is 4. The predicted molar refractivity (Wildman–Crippen MR) is 116 cm³/mol. The van der Waals surface area contributed by atoms with Crippen LogP contribution in [-0.2, 0) is 11.3 Å². The van der Waals surface area contributed by atoms with E-state index >= 15 is 0 Å². The zero-order valence-corrected chi connectivity index (χ0v) is 17.0. The van der Waals surface area contributed by atoms with Crippen LogP contribution in [0.3, 0.4) is 0 Å². The van der Waals surface area contributed by atoms with Crippen molar-refractivity contribution in [2.45, 2.75) is 33.4 Å². The molecule has 0 radical (unpaired) electrons. The van der Waals surface area contributed by atoms with Gasteiger partial charge < -0.3 is 10.0 Å². The summed E-state index contributed by atoms with van der Waals surface area (Å²) in [4.78, 5) is 14.9. The molecule has 0 bridgehead atoms. The molecule has 146 valence electrons. The van der Waals surface area contributed by atoms with Crippen molar-refractivity contribution in [3.63, 3.8) is 0 Å². The van der Waals surface area contributed by atoms with Gasteiger partial charge in [0.15, 0.2) is 5.76 Å². The molecule has 0 saturated heterocycles. The van der Waals surface area contributed by atoms with Crippen molar-refractivity contribution in [1.82, 2.24) is 4.90 Å². The smallest absolute Gasteiger partial charge is 0.290 e. The van der Waals surface area contributed by atoms with Gasteiger partial charge in [0, 0.05) is 12.1 Å². The lowest BCUT2D eigenvalue weighted by Gasteiger charge is -2.27. The summed E-state index contributed by atoms with van der Waals surface area (Å²) in [7, 11) is 0. The largest absolute Gasteiger partial charge is 0.503 e. The van der Waals surface area contributed by atoms with Crippen LogP contribution in [0.1, 0.15) is 39.4 Å². The molecule has 1 aliphatic heterocycles. The van der Waals surface area contributed by atoms with E-state index in [0.29, 0.717) is 12.1 Å². The number of hydrogen-bond acceptors (Lipinski definition) is 2. The molecule has 3 nitrogen and oxygen atoms in total. The molecule has 0 fully saturated rings. The van der Waals surface area contributed by atoms with Crippen LogP contribution in [0, 0.1) is 20.8 Å². The summed E-state index contributed by atoms with van der Waals surface area (Å²) in [5.41, 5.74) is 7.06. The average molecular weight is 383 g/mol. The lowest BCUT2D eigenvalue weighted by Crippen LogP contribution is -2.29. The molecule has 1 heterocycles. The van der Waals surface area contributed by atoms with Crippen molar-refractivity contribution in [2.24, 2.45) is 0 Å². The van der Waals surface area contributed by atoms with E-state index < -0.39 is 0 Å². The fourth-order valence-electron chi connectivity index (χ4n) is 3.83. The van der Waals surface area contributed by atoms with Crippen LogP contribution in [0.25, 0.3) is 5.57 Å². The molecule has 1 unspecified atom stereocenters. The first-order valence-corrected chi connectivity index (χ1v) is 9.87. The quantitative estimate of drug-likeness (QED) is 0.631. The van der Waals surface area contributed by atoms with Gasteiger partial charge in [-0.15, -0.1) is 0 Å². The Kier molecular flexibility index (Phi) is 4.98. The maximum atomic E-state index is 13.1. The van der Waals surface area contributed by atoms with Gasteiger partial charge in [0.1, 0.15) is 0 Å². The van der Waals surface area contributed by atoms with Gasteiger partial charge in [0.25, 0.3) is 5.91 Å². The van der Waals surface area contributed by atoms with Crippen molar-refractivity contribution < 1.29 is 9.90 Å². The van der Waals surface area contributed by atoms with Crippen molar-refractivity contribution >= 4 is 11.5 Å². The summed E-state index contributed by atoms with van der Waals surface area (Å²) < 4.78 is 0. The van der Waals surface area contributed by atoms with Gasteiger partial charge in [0.05, 0.1) is 6.04 Å². The van der Waals surface area contributed by atoms with E-state index in [1.165, 1.54) is 5.56 Å². The summed E-state index contributed by atoms with van der Waals surface area (Å²) in [6.07, 6.45) is 0. The van der Waals surface area contributed by atoms with E-state index in [1.54, 1.807) is 4.90 Å². The van der Waals surface area contributed by atoms with Gasteiger partial charge in [-0.2, -0.15) is 0 Å². The van der Waals surface area contributed by atoms with Crippen LogP contribution >= 0.6 is 0 Å². The summed E-state index contributed by atoms with van der Waals surface area (Å²) >= 11 is 0. The van der Waals surface area contributed by atoms with E-state index in [2.05, 4.69) is 0 Å². The Morgan fingerprint density at radius 3 is 1.79 bits per heavy atom. The van der Waals surface area contributed by atoms with Crippen molar-refractivity contribution in [3.05, 3.63) is 112 Å². The highest BCUT2D eigenvalue weighted by atomic mass is 16.3. The summed E-state index contributed by atoms with van der Waals surface area (Å²) in [6.45, 7) is 6.56. The highest BCUT2D eigenvalue weighted by Gasteiger charge is 2.40. The second-order valence-corrected chi connectivity index (χ2v) is 7.86. The van der Waals surface area contributed by atoms with Crippen molar-refractivity contribution in [3.8, 4) is 0 Å². The fourth-order valence-corrected chi connectivity index (χ4v) is 3.83. The zero-order valence-electron chi connectivity index (χ0n) is 17.0. The number of nitrogens with zero attached hydrogens (tertiary/aromatic N) is 1. The fraction of sp³-hybridized carbons (Fsp3) is 0.192. The number of aliphatic hydroxyl groups excluding tert-OH is 1. The van der Waals surface area contributed by atoms with Gasteiger partial charge in [0.2, 0.25) is 0 Å². The lowest BCUT2D eigenvalue weighted by molar-refractivity contribution is -0.130. The third kappa shape index (κ3) is 3.68. The van der Waals surface area contributed by atoms with Crippen LogP contribution in [0.4, 0.5) is 0 Å². The number of benzene rings is 3. The molecule has 29 heavy (non-hydrogen) atoms. The van der Waals surface area contributed by atoms with Crippen LogP contribution in [0.5, 0.6) is 0 Å². The summed E-state index contributed by atoms with van der Waals surface area (Å²) in [5.74, 6) is -0.488. The van der Waals surface area contributed by atoms with Crippen LogP contribution in [-0.4, -0.2) is 15.9 Å². The zero-order chi connectivity index (χ0) is 20.5. The van der Waals surface area contributed by atoms with Crippen LogP contribution in [0.15, 0.2) is 78.6 Å². The Morgan fingerprint density at radius 2 is 1.24 bits per heavy atom. The number of aliphatic hydroxyl groups is 1. The van der Waals surface area contributed by atoms with E-state index in [1.807, 2.05) is 93.6 Å².